The van der Waals surface area contributed by atoms with Crippen molar-refractivity contribution < 1.29 is 0 Å². The van der Waals surface area contributed by atoms with E-state index in [4.69, 9.17) is 12.2 Å². The van der Waals surface area contributed by atoms with Gasteiger partial charge in [0.25, 0.3) is 0 Å². The van der Waals surface area contributed by atoms with Crippen LogP contribution >= 0.6 is 12.2 Å². The minimum Gasteiger partial charge on any atom is -0.267 e. The van der Waals surface area contributed by atoms with Gasteiger partial charge in [0.05, 0.1) is 5.69 Å². The highest BCUT2D eigenvalue weighted by molar-refractivity contribution is 7.80. The van der Waals surface area contributed by atoms with Crippen molar-refractivity contribution in [3.8, 4) is 0 Å². The van der Waals surface area contributed by atoms with Gasteiger partial charge < -0.3 is 0 Å². The number of nitrogens with zero attached hydrogens (tertiary/aromatic N) is 2. The molecule has 0 unspecified atom stereocenters. The number of hydrogen-bond donors (Lipinski definition) is 1. The number of pyridine rings is 1. The summed E-state index contributed by atoms with van der Waals surface area (Å²) in [7, 11) is 0. The minimum atomic E-state index is 0.579. The molecule has 23 heavy (non-hydrogen) atoms. The van der Waals surface area contributed by atoms with Crippen LogP contribution in [-0.4, -0.2) is 15.7 Å². The van der Waals surface area contributed by atoms with Crippen molar-refractivity contribution in [2.75, 3.05) is 0 Å². The van der Waals surface area contributed by atoms with E-state index in [0.29, 0.717) is 4.99 Å². The third kappa shape index (κ3) is 3.87. The molecular weight excluding hydrogens is 302 g/mol. The molecule has 1 N–H and O–H groups in total. The molecule has 2 aromatic carbocycles. The van der Waals surface area contributed by atoms with Crippen molar-refractivity contribution >= 4 is 22.9 Å². The average molecular weight is 317 g/mol. The monoisotopic (exact) mass is 317 g/mol. The van der Waals surface area contributed by atoms with Crippen LogP contribution in [0.1, 0.15) is 16.8 Å². The topological polar surface area (TPSA) is 37.3 Å². The molecule has 0 saturated heterocycles. The smallest absolute Gasteiger partial charge is 0.126 e. The molecule has 3 aromatic rings. The molecule has 0 fully saturated rings. The Morgan fingerprint density at radius 3 is 2.00 bits per heavy atom. The van der Waals surface area contributed by atoms with Crippen LogP contribution in [0.4, 0.5) is 0 Å². The third-order valence-electron chi connectivity index (χ3n) is 3.26. The lowest BCUT2D eigenvalue weighted by molar-refractivity contribution is 1.04. The molecule has 0 saturated carbocycles. The van der Waals surface area contributed by atoms with Gasteiger partial charge in [-0.2, -0.15) is 5.10 Å². The number of benzene rings is 2. The first-order valence-corrected chi connectivity index (χ1v) is 7.65. The van der Waals surface area contributed by atoms with Crippen LogP contribution in [0.25, 0.3) is 0 Å². The number of rotatable bonds is 4. The minimum absolute atomic E-state index is 0.579. The summed E-state index contributed by atoms with van der Waals surface area (Å²) in [5.74, 6) is 0. The highest BCUT2D eigenvalue weighted by Gasteiger charge is 2.08. The van der Waals surface area contributed by atoms with Gasteiger partial charge in [0, 0.05) is 17.3 Å². The SMILES string of the molecule is S=C(N/N=C(/c1ccccc1)c1ccccn1)c1ccccc1. The molecule has 1 aromatic heterocycles. The van der Waals surface area contributed by atoms with Crippen molar-refractivity contribution in [1.29, 1.82) is 0 Å². The molecule has 3 nitrogen and oxygen atoms in total. The molecule has 0 bridgehead atoms. The van der Waals surface area contributed by atoms with Gasteiger partial charge in [-0.25, -0.2) is 0 Å². The summed E-state index contributed by atoms with van der Waals surface area (Å²) in [5.41, 5.74) is 6.43. The van der Waals surface area contributed by atoms with Crippen LogP contribution in [-0.2, 0) is 0 Å². The maximum atomic E-state index is 5.40. The first-order chi connectivity index (χ1) is 11.3. The summed E-state index contributed by atoms with van der Waals surface area (Å²) >= 11 is 5.40. The first-order valence-electron chi connectivity index (χ1n) is 7.24. The second-order valence-electron chi connectivity index (χ2n) is 4.85. The van der Waals surface area contributed by atoms with Crippen molar-refractivity contribution in [3.63, 3.8) is 0 Å². The molecule has 0 aliphatic heterocycles. The predicted octanol–water partition coefficient (Wildman–Crippen LogP) is 3.80. The zero-order valence-electron chi connectivity index (χ0n) is 12.4. The zero-order valence-corrected chi connectivity index (χ0v) is 13.2. The Kier molecular flexibility index (Phi) is 4.86. The molecule has 0 radical (unpaired) electrons. The Bertz CT molecular complexity index is 758. The molecular formula is C19H15N3S. The summed E-state index contributed by atoms with van der Waals surface area (Å²) in [4.78, 5) is 4.97. The number of hydrogen-bond acceptors (Lipinski definition) is 3. The van der Waals surface area contributed by atoms with Gasteiger partial charge in [0.15, 0.2) is 0 Å². The fraction of sp³-hybridized carbons (Fsp3) is 0. The number of hydrazone groups is 1. The van der Waals surface area contributed by atoms with Crippen LogP contribution in [0.15, 0.2) is 90.2 Å². The maximum Gasteiger partial charge on any atom is 0.126 e. The Hall–Kier alpha value is -2.85. The van der Waals surface area contributed by atoms with Crippen LogP contribution in [0.3, 0.4) is 0 Å². The van der Waals surface area contributed by atoms with E-state index in [1.54, 1.807) is 6.20 Å². The molecule has 3 rings (SSSR count). The van der Waals surface area contributed by atoms with E-state index in [-0.39, 0.29) is 0 Å². The molecule has 0 aliphatic rings. The van der Waals surface area contributed by atoms with E-state index in [0.717, 1.165) is 22.5 Å². The van der Waals surface area contributed by atoms with E-state index < -0.39 is 0 Å². The van der Waals surface area contributed by atoms with Gasteiger partial charge in [0.2, 0.25) is 0 Å². The summed E-state index contributed by atoms with van der Waals surface area (Å²) in [6.07, 6.45) is 1.75. The summed E-state index contributed by atoms with van der Waals surface area (Å²) in [5, 5.41) is 4.50. The van der Waals surface area contributed by atoms with Gasteiger partial charge in [-0.3, -0.25) is 10.4 Å². The lowest BCUT2D eigenvalue weighted by Crippen LogP contribution is -2.20. The van der Waals surface area contributed by atoms with E-state index in [2.05, 4.69) is 15.5 Å². The van der Waals surface area contributed by atoms with Crippen molar-refractivity contribution in [2.45, 2.75) is 0 Å². The van der Waals surface area contributed by atoms with Crippen LogP contribution in [0.5, 0.6) is 0 Å². The molecule has 1 heterocycles. The third-order valence-corrected chi connectivity index (χ3v) is 3.59. The summed E-state index contributed by atoms with van der Waals surface area (Å²) in [6.45, 7) is 0. The fourth-order valence-corrected chi connectivity index (χ4v) is 2.31. The summed E-state index contributed by atoms with van der Waals surface area (Å²) in [6, 6.07) is 25.4. The van der Waals surface area contributed by atoms with Crippen molar-refractivity contribution in [2.24, 2.45) is 5.10 Å². The highest BCUT2D eigenvalue weighted by atomic mass is 32.1. The Labute approximate surface area is 140 Å². The van der Waals surface area contributed by atoms with Gasteiger partial charge >= 0.3 is 0 Å². The molecule has 0 atom stereocenters. The predicted molar refractivity (Wildman–Crippen MR) is 97.6 cm³/mol. The fourth-order valence-electron chi connectivity index (χ4n) is 2.13. The number of thiocarbonyl (C=S) groups is 1. The van der Waals surface area contributed by atoms with Crippen LogP contribution in [0, 0.1) is 0 Å². The van der Waals surface area contributed by atoms with E-state index in [1.807, 2.05) is 78.9 Å². The van der Waals surface area contributed by atoms with Crippen LogP contribution in [0.2, 0.25) is 0 Å². The molecule has 112 valence electrons. The Morgan fingerprint density at radius 1 is 0.783 bits per heavy atom. The molecule has 0 amide bonds. The van der Waals surface area contributed by atoms with Gasteiger partial charge in [-0.1, -0.05) is 78.9 Å². The van der Waals surface area contributed by atoms with E-state index in [1.165, 1.54) is 0 Å². The summed E-state index contributed by atoms with van der Waals surface area (Å²) < 4.78 is 0. The molecule has 4 heteroatoms. The molecule has 0 aliphatic carbocycles. The number of aromatic nitrogens is 1. The molecule has 0 spiro atoms. The van der Waals surface area contributed by atoms with E-state index >= 15 is 0 Å². The van der Waals surface area contributed by atoms with Crippen molar-refractivity contribution in [3.05, 3.63) is 102 Å². The standard InChI is InChI=1S/C19H15N3S/c23-19(16-11-5-2-6-12-16)22-21-18(15-9-3-1-4-10-15)17-13-7-8-14-20-17/h1-14H,(H,22,23)/b21-18-. The second kappa shape index (κ2) is 7.42. The first kappa shape index (κ1) is 15.1. The van der Waals surface area contributed by atoms with Crippen molar-refractivity contribution in [1.82, 2.24) is 10.4 Å². The second-order valence-corrected chi connectivity index (χ2v) is 5.26. The van der Waals surface area contributed by atoms with Crippen LogP contribution < -0.4 is 5.43 Å². The lowest BCUT2D eigenvalue weighted by Gasteiger charge is -2.08. The Morgan fingerprint density at radius 2 is 1.39 bits per heavy atom. The normalized spacial score (nSPS) is 11.0. The lowest BCUT2D eigenvalue weighted by atomic mass is 10.1. The van der Waals surface area contributed by atoms with E-state index in [9.17, 15) is 0 Å². The largest absolute Gasteiger partial charge is 0.267 e. The van der Waals surface area contributed by atoms with Gasteiger partial charge in [0.1, 0.15) is 10.7 Å². The highest BCUT2D eigenvalue weighted by Crippen LogP contribution is 2.08. The maximum absolute atomic E-state index is 5.40. The van der Waals surface area contributed by atoms with Gasteiger partial charge in [-0.15, -0.1) is 0 Å². The number of nitrogens with one attached hydrogen (secondary N) is 1. The zero-order chi connectivity index (χ0) is 15.9. The quantitative estimate of drug-likeness (QED) is 0.452. The Balaban J connectivity index is 1.91. The average Bonchev–Trinajstić information content (AvgIpc) is 2.64. The van der Waals surface area contributed by atoms with Gasteiger partial charge in [-0.05, 0) is 12.1 Å².